The van der Waals surface area contributed by atoms with Gasteiger partial charge in [0.1, 0.15) is 0 Å². The number of nitrogens with zero attached hydrogens (tertiary/aromatic N) is 3. The van der Waals surface area contributed by atoms with Crippen LogP contribution >= 0.6 is 11.3 Å². The smallest absolute Gasteiger partial charge is 0.270 e. The van der Waals surface area contributed by atoms with Crippen LogP contribution in [-0.2, 0) is 11.8 Å². The van der Waals surface area contributed by atoms with Gasteiger partial charge in [-0.15, -0.1) is 16.4 Å². The van der Waals surface area contributed by atoms with Gasteiger partial charge in [-0.1, -0.05) is 49.1 Å². The summed E-state index contributed by atoms with van der Waals surface area (Å²) in [6.07, 6.45) is 8.53. The van der Waals surface area contributed by atoms with Crippen LogP contribution in [0.15, 0.2) is 60.0 Å². The zero-order chi connectivity index (χ0) is 19.1. The van der Waals surface area contributed by atoms with Gasteiger partial charge in [-0.25, -0.2) is 4.98 Å². The van der Waals surface area contributed by atoms with Gasteiger partial charge in [-0.3, -0.25) is 4.79 Å². The number of benzene rings is 1. The Hall–Kier alpha value is -2.99. The van der Waals surface area contributed by atoms with E-state index < -0.39 is 5.41 Å². The fraction of sp³-hybridized carbons (Fsp3) is 0.227. The largest absolute Gasteiger partial charge is 0.365 e. The van der Waals surface area contributed by atoms with Crippen LogP contribution < -0.4 is 5.32 Å². The molecule has 5 rings (SSSR count). The lowest BCUT2D eigenvalue weighted by Crippen LogP contribution is -2.32. The number of aromatic nitrogens is 3. The predicted molar refractivity (Wildman–Crippen MR) is 112 cm³/mol. The molecule has 1 atom stereocenters. The minimum Gasteiger partial charge on any atom is -0.365 e. The van der Waals surface area contributed by atoms with Gasteiger partial charge in [-0.05, 0) is 24.5 Å². The summed E-state index contributed by atoms with van der Waals surface area (Å²) in [5.41, 5.74) is 5.45. The number of nitrogens with one attached hydrogen (secondary N) is 1. The van der Waals surface area contributed by atoms with Gasteiger partial charge in [0.25, 0.3) is 5.91 Å². The fourth-order valence-corrected chi connectivity index (χ4v) is 4.48. The quantitative estimate of drug-likeness (QED) is 0.662. The molecule has 1 unspecified atom stereocenters. The Morgan fingerprint density at radius 1 is 1.32 bits per heavy atom. The molecule has 1 N–H and O–H groups in total. The minimum atomic E-state index is -0.426. The third-order valence-electron chi connectivity index (χ3n) is 5.48. The Balaban J connectivity index is 1.68. The molecule has 140 valence electrons. The average Bonchev–Trinajstić information content (AvgIpc) is 3.25. The van der Waals surface area contributed by atoms with Crippen LogP contribution in [-0.4, -0.2) is 26.7 Å². The van der Waals surface area contributed by atoms with Crippen LogP contribution in [0.4, 0.5) is 5.82 Å². The maximum absolute atomic E-state index is 12.6. The van der Waals surface area contributed by atoms with E-state index in [4.69, 9.17) is 0 Å². The Morgan fingerprint density at radius 2 is 2.14 bits per heavy atom. The van der Waals surface area contributed by atoms with E-state index in [-0.39, 0.29) is 5.91 Å². The average molecular weight is 388 g/mol. The van der Waals surface area contributed by atoms with Crippen molar-refractivity contribution in [3.8, 4) is 0 Å². The van der Waals surface area contributed by atoms with Crippen molar-refractivity contribution in [1.82, 2.24) is 14.8 Å². The zero-order valence-corrected chi connectivity index (χ0v) is 16.2. The van der Waals surface area contributed by atoms with Crippen molar-refractivity contribution >= 4 is 29.1 Å². The van der Waals surface area contributed by atoms with Gasteiger partial charge in [0.15, 0.2) is 5.82 Å². The van der Waals surface area contributed by atoms with Crippen molar-refractivity contribution in [2.75, 3.05) is 5.32 Å². The molecule has 6 heteroatoms. The number of anilines is 1. The van der Waals surface area contributed by atoms with Crippen LogP contribution in [0.5, 0.6) is 0 Å². The van der Waals surface area contributed by atoms with Crippen molar-refractivity contribution in [1.29, 1.82) is 0 Å². The van der Waals surface area contributed by atoms with Crippen molar-refractivity contribution in [3.05, 3.63) is 82.5 Å². The molecular weight excluding hydrogens is 368 g/mol. The number of fused-ring (bicyclic) bond motifs is 1. The topological polar surface area (TPSA) is 59.8 Å². The molecule has 0 amide bonds. The molecule has 1 aromatic carbocycles. The summed E-state index contributed by atoms with van der Waals surface area (Å²) in [6.45, 7) is 3.65. The van der Waals surface area contributed by atoms with Crippen LogP contribution in [0.3, 0.4) is 0 Å². The predicted octanol–water partition coefficient (Wildman–Crippen LogP) is 4.30. The summed E-state index contributed by atoms with van der Waals surface area (Å²) in [6, 6.07) is 10.8. The third kappa shape index (κ3) is 2.72. The molecule has 0 bridgehead atoms. The molecule has 2 aliphatic carbocycles. The minimum absolute atomic E-state index is 0.212. The van der Waals surface area contributed by atoms with Gasteiger partial charge < -0.3 is 5.32 Å². The number of carbonyl (C=O) groups is 1. The van der Waals surface area contributed by atoms with Crippen LogP contribution in [0.1, 0.15) is 40.2 Å². The van der Waals surface area contributed by atoms with E-state index in [0.29, 0.717) is 12.5 Å². The molecule has 0 saturated heterocycles. The first-order chi connectivity index (χ1) is 13.7. The maximum atomic E-state index is 12.6. The molecule has 0 radical (unpaired) electrons. The summed E-state index contributed by atoms with van der Waals surface area (Å²) >= 11 is 1.58. The lowest BCUT2D eigenvalue weighted by atomic mass is 9.71. The molecule has 2 heterocycles. The standard InChI is InChI=1S/C22H20N4OS/c1-2-20(27)26-18-12-22(19-13-28-14-23-19,15-6-4-3-5-7-15)11-10-17(18)21(25-26)24-16-8-9-16/h2-7,10-11,13-14,16H,1,8-9,12H2,(H,24,25). The molecule has 28 heavy (non-hydrogen) atoms. The highest BCUT2D eigenvalue weighted by molar-refractivity contribution is 7.07. The third-order valence-corrected chi connectivity index (χ3v) is 6.07. The van der Waals surface area contributed by atoms with Gasteiger partial charge in [0.05, 0.1) is 22.3 Å². The van der Waals surface area contributed by atoms with Crippen LogP contribution in [0.2, 0.25) is 0 Å². The molecule has 2 aliphatic rings. The summed E-state index contributed by atoms with van der Waals surface area (Å²) in [5.74, 6) is 0.569. The lowest BCUT2D eigenvalue weighted by molar-refractivity contribution is 0.0950. The SMILES string of the molecule is C=CC(=O)n1nc(NC2CC2)c2c1CC(c1ccccc1)(c1cscn1)C=C2. The van der Waals surface area contributed by atoms with Crippen LogP contribution in [0, 0.1) is 0 Å². The lowest BCUT2D eigenvalue weighted by Gasteiger charge is -2.32. The number of thiazole rings is 1. The Labute approximate surface area is 167 Å². The monoisotopic (exact) mass is 388 g/mol. The Morgan fingerprint density at radius 3 is 2.82 bits per heavy atom. The highest BCUT2D eigenvalue weighted by atomic mass is 32.1. The molecule has 0 spiro atoms. The summed E-state index contributed by atoms with van der Waals surface area (Å²) in [4.78, 5) is 17.2. The fourth-order valence-electron chi connectivity index (χ4n) is 3.85. The van der Waals surface area contributed by atoms with E-state index >= 15 is 0 Å². The second-order valence-corrected chi connectivity index (χ2v) is 8.02. The molecular formula is C22H20N4OS. The van der Waals surface area contributed by atoms with E-state index in [0.717, 1.165) is 41.2 Å². The number of rotatable bonds is 5. The van der Waals surface area contributed by atoms with Gasteiger partial charge in [0.2, 0.25) is 0 Å². The van der Waals surface area contributed by atoms with Crippen molar-refractivity contribution in [3.63, 3.8) is 0 Å². The Kier molecular flexibility index (Phi) is 4.02. The summed E-state index contributed by atoms with van der Waals surface area (Å²) in [7, 11) is 0. The summed E-state index contributed by atoms with van der Waals surface area (Å²) in [5, 5.41) is 10.1. The molecule has 1 fully saturated rings. The Bertz CT molecular complexity index is 1060. The van der Waals surface area contributed by atoms with E-state index in [2.05, 4.69) is 51.6 Å². The van der Waals surface area contributed by atoms with Gasteiger partial charge in [-0.2, -0.15) is 4.68 Å². The number of hydrogen-bond acceptors (Lipinski definition) is 5. The number of carbonyl (C=O) groups excluding carboxylic acids is 1. The highest BCUT2D eigenvalue weighted by Crippen LogP contribution is 2.43. The molecule has 0 aliphatic heterocycles. The van der Waals surface area contributed by atoms with Crippen molar-refractivity contribution in [2.24, 2.45) is 0 Å². The van der Waals surface area contributed by atoms with Crippen molar-refractivity contribution in [2.45, 2.75) is 30.7 Å². The second-order valence-electron chi connectivity index (χ2n) is 7.30. The maximum Gasteiger partial charge on any atom is 0.270 e. The highest BCUT2D eigenvalue weighted by Gasteiger charge is 2.40. The van der Waals surface area contributed by atoms with Crippen LogP contribution in [0.25, 0.3) is 6.08 Å². The van der Waals surface area contributed by atoms with E-state index in [1.807, 2.05) is 23.7 Å². The second kappa shape index (κ2) is 6.56. The van der Waals surface area contributed by atoms with E-state index in [1.54, 1.807) is 11.3 Å². The van der Waals surface area contributed by atoms with Gasteiger partial charge >= 0.3 is 0 Å². The molecule has 5 nitrogen and oxygen atoms in total. The number of hydrogen-bond donors (Lipinski definition) is 1. The first-order valence-electron chi connectivity index (χ1n) is 9.40. The van der Waals surface area contributed by atoms with E-state index in [1.165, 1.54) is 10.8 Å². The van der Waals surface area contributed by atoms with E-state index in [9.17, 15) is 4.79 Å². The zero-order valence-electron chi connectivity index (χ0n) is 15.3. The first kappa shape index (κ1) is 17.1. The van der Waals surface area contributed by atoms with Crippen molar-refractivity contribution < 1.29 is 4.79 Å². The number of allylic oxidation sites excluding steroid dienone is 2. The first-order valence-corrected chi connectivity index (χ1v) is 10.3. The molecule has 3 aromatic rings. The van der Waals surface area contributed by atoms with Gasteiger partial charge in [0, 0.05) is 23.4 Å². The summed E-state index contributed by atoms with van der Waals surface area (Å²) < 4.78 is 1.50. The molecule has 2 aromatic heterocycles. The molecule has 1 saturated carbocycles. The normalized spacial score (nSPS) is 20.6.